The number of carbonyl (C=O) groups is 3. The summed E-state index contributed by atoms with van der Waals surface area (Å²) in [4.78, 5) is 49.6. The quantitative estimate of drug-likeness (QED) is 0.398. The summed E-state index contributed by atoms with van der Waals surface area (Å²) in [6.45, 7) is 8.23. The molecule has 46 heavy (non-hydrogen) atoms. The van der Waals surface area contributed by atoms with Gasteiger partial charge >= 0.3 is 0 Å². The maximum Gasteiger partial charge on any atom is 0.253 e. The molecule has 0 spiro atoms. The summed E-state index contributed by atoms with van der Waals surface area (Å²) in [5, 5.41) is 11.0. The first kappa shape index (κ1) is 33.5. The molecule has 2 aromatic carbocycles. The molecule has 246 valence electrons. The summed E-state index contributed by atoms with van der Waals surface area (Å²) in [6.07, 6.45) is 3.17. The summed E-state index contributed by atoms with van der Waals surface area (Å²) in [5.41, 5.74) is 2.53. The highest BCUT2D eigenvalue weighted by molar-refractivity contribution is 7.98. The Kier molecular flexibility index (Phi) is 11.7. The fourth-order valence-electron chi connectivity index (χ4n) is 5.79. The lowest BCUT2D eigenvalue weighted by Gasteiger charge is -2.29. The number of nitrogens with one attached hydrogen (secondary N) is 2. The monoisotopic (exact) mass is 647 g/mol. The highest BCUT2D eigenvalue weighted by Gasteiger charge is 2.30. The van der Waals surface area contributed by atoms with E-state index in [1.54, 1.807) is 16.7 Å². The molecule has 0 saturated carbocycles. The average molecular weight is 648 g/mol. The molecule has 0 unspecified atom stereocenters. The van der Waals surface area contributed by atoms with Crippen molar-refractivity contribution in [1.29, 1.82) is 0 Å². The van der Waals surface area contributed by atoms with Crippen LogP contribution in [0.15, 0.2) is 54.6 Å². The smallest absolute Gasteiger partial charge is 0.253 e. The van der Waals surface area contributed by atoms with E-state index in [1.165, 1.54) is 0 Å². The van der Waals surface area contributed by atoms with Crippen LogP contribution in [0.3, 0.4) is 0 Å². The van der Waals surface area contributed by atoms with Crippen molar-refractivity contribution in [2.75, 3.05) is 56.3 Å². The highest BCUT2D eigenvalue weighted by atomic mass is 32.2. The Bertz CT molecular complexity index is 1460. The minimum absolute atomic E-state index is 0.0111. The van der Waals surface area contributed by atoms with Crippen LogP contribution in [-0.2, 0) is 20.9 Å². The molecule has 0 bridgehead atoms. The number of thioether (sulfide) groups is 1. The molecule has 11 nitrogen and oxygen atoms in total. The minimum atomic E-state index is -0.670. The standard InChI is InChI=1S/C34H45N7O4S/c1-24(2)30-32-37-31(25-8-5-4-6-9-25)38-41(32)18-17-40(16-7-10-29(42)35-28(15-23-46-3)33(43)36-30)34(44)26-11-13-27(14-12-26)39-19-21-45-22-20-39/h4-6,8-9,11-14,24,28,30H,7,10,15-23H2,1-3H3,(H,35,42)(H,36,43)/t28-,30+/m0/s1. The van der Waals surface area contributed by atoms with Crippen LogP contribution in [0.5, 0.6) is 0 Å². The molecule has 2 aliphatic rings. The van der Waals surface area contributed by atoms with Gasteiger partial charge in [-0.1, -0.05) is 44.2 Å². The molecule has 2 N–H and O–H groups in total. The Morgan fingerprint density at radius 3 is 2.41 bits per heavy atom. The molecule has 3 amide bonds. The van der Waals surface area contributed by atoms with Gasteiger partial charge in [0.15, 0.2) is 11.6 Å². The van der Waals surface area contributed by atoms with Gasteiger partial charge in [0, 0.05) is 49.4 Å². The number of hydrogen-bond acceptors (Lipinski definition) is 8. The number of aromatic nitrogens is 3. The lowest BCUT2D eigenvalue weighted by Crippen LogP contribution is -2.49. The van der Waals surface area contributed by atoms with Crippen LogP contribution >= 0.6 is 11.8 Å². The predicted molar refractivity (Wildman–Crippen MR) is 181 cm³/mol. The Balaban J connectivity index is 1.46. The summed E-state index contributed by atoms with van der Waals surface area (Å²) in [7, 11) is 0. The zero-order chi connectivity index (χ0) is 32.5. The van der Waals surface area contributed by atoms with Crippen molar-refractivity contribution in [2.24, 2.45) is 5.92 Å². The molecule has 3 aromatic rings. The first-order valence-electron chi connectivity index (χ1n) is 16.1. The van der Waals surface area contributed by atoms with Gasteiger partial charge in [-0.3, -0.25) is 14.4 Å². The van der Waals surface area contributed by atoms with Gasteiger partial charge < -0.3 is 25.2 Å². The third kappa shape index (κ3) is 8.47. The average Bonchev–Trinajstić information content (AvgIpc) is 3.50. The Morgan fingerprint density at radius 1 is 0.978 bits per heavy atom. The fourth-order valence-corrected chi connectivity index (χ4v) is 6.26. The van der Waals surface area contributed by atoms with E-state index in [9.17, 15) is 14.4 Å². The summed E-state index contributed by atoms with van der Waals surface area (Å²) in [5.74, 6) is 1.37. The number of benzene rings is 2. The van der Waals surface area contributed by atoms with E-state index in [4.69, 9.17) is 14.8 Å². The molecule has 2 aliphatic heterocycles. The van der Waals surface area contributed by atoms with E-state index in [2.05, 4.69) is 15.5 Å². The first-order valence-corrected chi connectivity index (χ1v) is 17.5. The normalized spacial score (nSPS) is 20.1. The van der Waals surface area contributed by atoms with Gasteiger partial charge in [-0.2, -0.15) is 16.9 Å². The van der Waals surface area contributed by atoms with Gasteiger partial charge in [0.1, 0.15) is 6.04 Å². The van der Waals surface area contributed by atoms with Crippen LogP contribution < -0.4 is 15.5 Å². The lowest BCUT2D eigenvalue weighted by atomic mass is 10.0. The molecule has 0 aliphatic carbocycles. The molecule has 1 saturated heterocycles. The van der Waals surface area contributed by atoms with Gasteiger partial charge in [0.2, 0.25) is 11.8 Å². The fraction of sp³-hybridized carbons (Fsp3) is 0.500. The van der Waals surface area contributed by atoms with Crippen LogP contribution in [0.2, 0.25) is 0 Å². The van der Waals surface area contributed by atoms with Crippen molar-refractivity contribution in [2.45, 2.75) is 51.7 Å². The van der Waals surface area contributed by atoms with Crippen molar-refractivity contribution in [1.82, 2.24) is 30.3 Å². The molecular weight excluding hydrogens is 602 g/mol. The Hall–Kier alpha value is -3.90. The maximum absolute atomic E-state index is 13.9. The molecule has 1 aromatic heterocycles. The van der Waals surface area contributed by atoms with Gasteiger partial charge in [-0.05, 0) is 55.0 Å². The van der Waals surface area contributed by atoms with Crippen molar-refractivity contribution < 1.29 is 19.1 Å². The second-order valence-corrected chi connectivity index (χ2v) is 13.0. The number of ether oxygens (including phenoxy) is 1. The number of nitrogens with zero attached hydrogens (tertiary/aromatic N) is 5. The molecule has 2 atom stereocenters. The second kappa shape index (κ2) is 16.1. The van der Waals surface area contributed by atoms with Gasteiger partial charge in [-0.15, -0.1) is 0 Å². The number of fused-ring (bicyclic) bond motifs is 1. The first-order chi connectivity index (χ1) is 22.3. The number of hydrogen-bond donors (Lipinski definition) is 2. The van der Waals surface area contributed by atoms with Gasteiger partial charge in [-0.25, -0.2) is 9.67 Å². The van der Waals surface area contributed by atoms with Crippen LogP contribution in [0.1, 0.15) is 55.3 Å². The molecule has 1 fully saturated rings. The topological polar surface area (TPSA) is 122 Å². The maximum atomic E-state index is 13.9. The summed E-state index contributed by atoms with van der Waals surface area (Å²) in [6, 6.07) is 16.3. The zero-order valence-corrected chi connectivity index (χ0v) is 27.8. The molecule has 12 heteroatoms. The lowest BCUT2D eigenvalue weighted by molar-refractivity contribution is -0.129. The predicted octanol–water partition coefficient (Wildman–Crippen LogP) is 3.77. The van der Waals surface area contributed by atoms with Crippen molar-refractivity contribution >= 4 is 35.2 Å². The van der Waals surface area contributed by atoms with E-state index in [0.717, 1.165) is 30.1 Å². The zero-order valence-electron chi connectivity index (χ0n) is 27.0. The highest BCUT2D eigenvalue weighted by Crippen LogP contribution is 2.25. The third-order valence-electron chi connectivity index (χ3n) is 8.43. The van der Waals surface area contributed by atoms with Crippen LogP contribution in [0.25, 0.3) is 11.4 Å². The second-order valence-electron chi connectivity index (χ2n) is 12.1. The van der Waals surface area contributed by atoms with E-state index in [1.807, 2.05) is 79.4 Å². The van der Waals surface area contributed by atoms with Crippen molar-refractivity contribution in [3.8, 4) is 11.4 Å². The Morgan fingerprint density at radius 2 is 1.72 bits per heavy atom. The van der Waals surface area contributed by atoms with Crippen LogP contribution in [0.4, 0.5) is 5.69 Å². The molecule has 3 heterocycles. The number of rotatable bonds is 7. The minimum Gasteiger partial charge on any atom is -0.378 e. The van der Waals surface area contributed by atoms with E-state index in [0.29, 0.717) is 62.9 Å². The molecule has 5 rings (SSSR count). The van der Waals surface area contributed by atoms with Crippen molar-refractivity contribution in [3.05, 3.63) is 66.0 Å². The largest absolute Gasteiger partial charge is 0.378 e. The molecule has 0 radical (unpaired) electrons. The van der Waals surface area contributed by atoms with Gasteiger partial charge in [0.25, 0.3) is 5.91 Å². The van der Waals surface area contributed by atoms with Crippen LogP contribution in [0, 0.1) is 5.92 Å². The van der Waals surface area contributed by atoms with Crippen LogP contribution in [-0.4, -0.2) is 94.8 Å². The molecular formula is C34H45N7O4S. The van der Waals surface area contributed by atoms with E-state index in [-0.39, 0.29) is 30.1 Å². The number of morpholine rings is 1. The van der Waals surface area contributed by atoms with Crippen molar-refractivity contribution in [3.63, 3.8) is 0 Å². The van der Waals surface area contributed by atoms with E-state index < -0.39 is 12.1 Å². The summed E-state index contributed by atoms with van der Waals surface area (Å²) < 4.78 is 7.31. The number of carbonyl (C=O) groups excluding carboxylic acids is 3. The number of amides is 3. The van der Waals surface area contributed by atoms with E-state index >= 15 is 0 Å². The Labute approximate surface area is 275 Å². The van der Waals surface area contributed by atoms with Gasteiger partial charge in [0.05, 0.1) is 25.8 Å². The number of anilines is 1. The third-order valence-corrected chi connectivity index (χ3v) is 9.07. The summed E-state index contributed by atoms with van der Waals surface area (Å²) >= 11 is 1.63. The SMILES string of the molecule is CSCC[C@@H]1NC(=O)CCCN(C(=O)c2ccc(N3CCOCC3)cc2)CCn2nc(-c3ccccc3)nc2[C@@H](C(C)C)NC1=O.